The van der Waals surface area contributed by atoms with Crippen molar-refractivity contribution in [2.45, 2.75) is 19.0 Å². The summed E-state index contributed by atoms with van der Waals surface area (Å²) >= 11 is 0. The molecule has 1 aromatic rings. The lowest BCUT2D eigenvalue weighted by molar-refractivity contribution is -0.137. The van der Waals surface area contributed by atoms with E-state index in [0.717, 1.165) is 57.8 Å². The Kier molecular flexibility index (Phi) is 6.41. The van der Waals surface area contributed by atoms with Crippen molar-refractivity contribution in [2.75, 3.05) is 39.4 Å². The van der Waals surface area contributed by atoms with Gasteiger partial charge in [-0.25, -0.2) is 0 Å². The summed E-state index contributed by atoms with van der Waals surface area (Å²) in [5.74, 6) is -0.343. The molecule has 7 heteroatoms. The van der Waals surface area contributed by atoms with Gasteiger partial charge in [0, 0.05) is 25.2 Å². The van der Waals surface area contributed by atoms with Crippen molar-refractivity contribution in [3.05, 3.63) is 35.4 Å². The zero-order valence-electron chi connectivity index (χ0n) is 12.9. The molecule has 1 saturated heterocycles. The predicted octanol–water partition coefficient (Wildman–Crippen LogP) is 2.55. The number of halogens is 3. The molecule has 128 valence electrons. The average Bonchev–Trinajstić information content (AvgIpc) is 2.54. The summed E-state index contributed by atoms with van der Waals surface area (Å²) in [4.78, 5) is 14.2. The molecule has 0 bridgehead atoms. The highest BCUT2D eigenvalue weighted by atomic mass is 19.4. The standard InChI is InChI=1S/C16H21F3N2O2/c17-16(18,19)14-5-3-13(4-6-14)15(22)20-7-1-2-8-21-9-11-23-12-10-21/h3-6H,1-2,7-12H2,(H,20,22). The van der Waals surface area contributed by atoms with Gasteiger partial charge in [-0.1, -0.05) is 0 Å². The monoisotopic (exact) mass is 330 g/mol. The van der Waals surface area contributed by atoms with Gasteiger partial charge in [0.25, 0.3) is 5.91 Å². The van der Waals surface area contributed by atoms with Gasteiger partial charge < -0.3 is 10.1 Å². The van der Waals surface area contributed by atoms with Gasteiger partial charge in [0.05, 0.1) is 18.8 Å². The molecule has 0 aromatic heterocycles. The van der Waals surface area contributed by atoms with Crippen molar-refractivity contribution in [3.63, 3.8) is 0 Å². The van der Waals surface area contributed by atoms with E-state index in [9.17, 15) is 18.0 Å². The number of hydrogen-bond acceptors (Lipinski definition) is 3. The third kappa shape index (κ3) is 5.84. The Bertz CT molecular complexity index is 497. The van der Waals surface area contributed by atoms with Crippen LogP contribution in [0.4, 0.5) is 13.2 Å². The lowest BCUT2D eigenvalue weighted by Crippen LogP contribution is -2.37. The minimum Gasteiger partial charge on any atom is -0.379 e. The number of carbonyl (C=O) groups is 1. The summed E-state index contributed by atoms with van der Waals surface area (Å²) in [6.07, 6.45) is -2.58. The van der Waals surface area contributed by atoms with E-state index in [1.54, 1.807) is 0 Å². The summed E-state index contributed by atoms with van der Waals surface area (Å²) < 4.78 is 42.6. The number of hydrogen-bond donors (Lipinski definition) is 1. The van der Waals surface area contributed by atoms with Gasteiger partial charge >= 0.3 is 6.18 Å². The maximum atomic E-state index is 12.4. The number of ether oxygens (including phenoxy) is 1. The van der Waals surface area contributed by atoms with E-state index >= 15 is 0 Å². The van der Waals surface area contributed by atoms with Crippen LogP contribution < -0.4 is 5.32 Å². The zero-order valence-corrected chi connectivity index (χ0v) is 12.9. The van der Waals surface area contributed by atoms with E-state index in [4.69, 9.17) is 4.74 Å². The van der Waals surface area contributed by atoms with Crippen molar-refractivity contribution in [1.29, 1.82) is 0 Å². The fourth-order valence-corrected chi connectivity index (χ4v) is 2.40. The minimum atomic E-state index is -4.38. The van der Waals surface area contributed by atoms with Gasteiger partial charge in [-0.2, -0.15) is 13.2 Å². The third-order valence-corrected chi connectivity index (χ3v) is 3.76. The Morgan fingerprint density at radius 3 is 2.39 bits per heavy atom. The van der Waals surface area contributed by atoms with E-state index < -0.39 is 11.7 Å². The topological polar surface area (TPSA) is 41.6 Å². The summed E-state index contributed by atoms with van der Waals surface area (Å²) in [5, 5.41) is 2.73. The number of amides is 1. The fraction of sp³-hybridized carbons (Fsp3) is 0.562. The van der Waals surface area contributed by atoms with Crippen LogP contribution in [0, 0.1) is 0 Å². The maximum Gasteiger partial charge on any atom is 0.416 e. The number of alkyl halides is 3. The highest BCUT2D eigenvalue weighted by Gasteiger charge is 2.30. The Morgan fingerprint density at radius 2 is 1.78 bits per heavy atom. The van der Waals surface area contributed by atoms with Crippen LogP contribution in [0.25, 0.3) is 0 Å². The highest BCUT2D eigenvalue weighted by molar-refractivity contribution is 5.94. The molecule has 2 rings (SSSR count). The Morgan fingerprint density at radius 1 is 1.13 bits per heavy atom. The van der Waals surface area contributed by atoms with E-state index in [-0.39, 0.29) is 11.5 Å². The van der Waals surface area contributed by atoms with Crippen LogP contribution in [0.3, 0.4) is 0 Å². The number of unbranched alkanes of at least 4 members (excludes halogenated alkanes) is 1. The molecule has 23 heavy (non-hydrogen) atoms. The quantitative estimate of drug-likeness (QED) is 0.815. The van der Waals surface area contributed by atoms with E-state index in [2.05, 4.69) is 10.2 Å². The molecule has 0 spiro atoms. The molecule has 4 nitrogen and oxygen atoms in total. The van der Waals surface area contributed by atoms with E-state index in [0.29, 0.717) is 6.54 Å². The number of carbonyl (C=O) groups excluding carboxylic acids is 1. The summed E-state index contributed by atoms with van der Waals surface area (Å²) in [5.41, 5.74) is -0.509. The molecule has 0 atom stereocenters. The van der Waals surface area contributed by atoms with Crippen LogP contribution in [-0.2, 0) is 10.9 Å². The van der Waals surface area contributed by atoms with Crippen molar-refractivity contribution in [3.8, 4) is 0 Å². The van der Waals surface area contributed by atoms with E-state index in [1.165, 1.54) is 12.1 Å². The first-order valence-corrected chi connectivity index (χ1v) is 7.72. The number of nitrogens with zero attached hydrogens (tertiary/aromatic N) is 1. The fourth-order valence-electron chi connectivity index (χ4n) is 2.40. The molecule has 0 unspecified atom stereocenters. The maximum absolute atomic E-state index is 12.4. The second-order valence-electron chi connectivity index (χ2n) is 5.49. The number of benzene rings is 1. The molecule has 1 aliphatic rings. The summed E-state index contributed by atoms with van der Waals surface area (Å²) in [6.45, 7) is 4.91. The van der Waals surface area contributed by atoms with Crippen LogP contribution >= 0.6 is 0 Å². The molecule has 1 N–H and O–H groups in total. The smallest absolute Gasteiger partial charge is 0.379 e. The predicted molar refractivity (Wildman–Crippen MR) is 80.3 cm³/mol. The average molecular weight is 330 g/mol. The largest absolute Gasteiger partial charge is 0.416 e. The Labute approximate surface area is 133 Å². The van der Waals surface area contributed by atoms with Gasteiger partial charge in [0.15, 0.2) is 0 Å². The number of morpholine rings is 1. The van der Waals surface area contributed by atoms with Crippen LogP contribution in [0.5, 0.6) is 0 Å². The first-order valence-electron chi connectivity index (χ1n) is 7.72. The molecule has 1 fully saturated rings. The Hall–Kier alpha value is -1.60. The van der Waals surface area contributed by atoms with Crippen LogP contribution in [-0.4, -0.2) is 50.2 Å². The second-order valence-corrected chi connectivity index (χ2v) is 5.49. The SMILES string of the molecule is O=C(NCCCCN1CCOCC1)c1ccc(C(F)(F)F)cc1. The van der Waals surface area contributed by atoms with Crippen molar-refractivity contribution >= 4 is 5.91 Å². The first kappa shape index (κ1) is 17.7. The Balaban J connectivity index is 1.66. The van der Waals surface area contributed by atoms with Crippen molar-refractivity contribution in [1.82, 2.24) is 10.2 Å². The molecule has 1 amide bonds. The molecular formula is C16H21F3N2O2. The number of nitrogens with one attached hydrogen (secondary N) is 1. The minimum absolute atomic E-state index is 0.242. The summed E-state index contributed by atoms with van der Waals surface area (Å²) in [6, 6.07) is 4.25. The molecule has 1 aromatic carbocycles. The molecule has 0 radical (unpaired) electrons. The van der Waals surface area contributed by atoms with Crippen LogP contribution in [0.15, 0.2) is 24.3 Å². The molecule has 0 saturated carbocycles. The van der Waals surface area contributed by atoms with Crippen LogP contribution in [0.2, 0.25) is 0 Å². The first-order chi connectivity index (χ1) is 11.0. The number of rotatable bonds is 6. The van der Waals surface area contributed by atoms with Gasteiger partial charge in [0.1, 0.15) is 0 Å². The zero-order chi connectivity index (χ0) is 16.7. The van der Waals surface area contributed by atoms with Gasteiger partial charge in [-0.05, 0) is 43.7 Å². The van der Waals surface area contributed by atoms with Crippen LogP contribution in [0.1, 0.15) is 28.8 Å². The second kappa shape index (κ2) is 8.31. The lowest BCUT2D eigenvalue weighted by Gasteiger charge is -2.26. The molecule has 0 aliphatic carbocycles. The molecular weight excluding hydrogens is 309 g/mol. The lowest BCUT2D eigenvalue weighted by atomic mass is 10.1. The normalized spacial score (nSPS) is 16.3. The van der Waals surface area contributed by atoms with Gasteiger partial charge in [-0.3, -0.25) is 9.69 Å². The van der Waals surface area contributed by atoms with E-state index in [1.807, 2.05) is 0 Å². The van der Waals surface area contributed by atoms with Crippen molar-refractivity contribution < 1.29 is 22.7 Å². The molecule has 1 heterocycles. The highest BCUT2D eigenvalue weighted by Crippen LogP contribution is 2.29. The van der Waals surface area contributed by atoms with Gasteiger partial charge in [0.2, 0.25) is 0 Å². The summed E-state index contributed by atoms with van der Waals surface area (Å²) in [7, 11) is 0. The molecule has 1 aliphatic heterocycles. The van der Waals surface area contributed by atoms with Gasteiger partial charge in [-0.15, -0.1) is 0 Å². The third-order valence-electron chi connectivity index (χ3n) is 3.76. The van der Waals surface area contributed by atoms with Crippen molar-refractivity contribution in [2.24, 2.45) is 0 Å².